The standard InChI is InChI=1S/C27H30F3N5O4S2/c1-16(2)19-6-4-18(5-7-19)14-32-25(37)22-15-34(26-33-17(3)23(40-26)24(31)36)12-13-35(22)41(38,39)21-10-8-20(9-11-21)27(28,29)30/h4-11,16,22H,12-15H2,1-3H3,(H2,31,36)(H,32,37)/t22-/m1/s1. The minimum Gasteiger partial charge on any atom is -0.365 e. The first-order valence-corrected chi connectivity index (χ1v) is 15.0. The molecule has 1 fully saturated rings. The summed E-state index contributed by atoms with van der Waals surface area (Å²) in [7, 11) is -4.35. The number of aryl methyl sites for hydroxylation is 1. The molecule has 0 bridgehead atoms. The highest BCUT2D eigenvalue weighted by Crippen LogP contribution is 2.32. The second kappa shape index (κ2) is 11.8. The van der Waals surface area contributed by atoms with Crippen molar-refractivity contribution in [1.82, 2.24) is 14.6 Å². The predicted octanol–water partition coefficient (Wildman–Crippen LogP) is 3.89. The molecule has 3 N–H and O–H groups in total. The number of nitrogens with one attached hydrogen (secondary N) is 1. The quantitative estimate of drug-likeness (QED) is 0.399. The molecular weight excluding hydrogens is 579 g/mol. The molecule has 220 valence electrons. The van der Waals surface area contributed by atoms with E-state index in [-0.39, 0.29) is 36.0 Å². The van der Waals surface area contributed by atoms with E-state index in [0.29, 0.717) is 28.9 Å². The lowest BCUT2D eigenvalue weighted by Crippen LogP contribution is -2.60. The van der Waals surface area contributed by atoms with Crippen LogP contribution in [0.4, 0.5) is 18.3 Å². The number of hydrogen-bond acceptors (Lipinski definition) is 7. The van der Waals surface area contributed by atoms with Gasteiger partial charge in [0.15, 0.2) is 5.13 Å². The van der Waals surface area contributed by atoms with Crippen molar-refractivity contribution in [3.8, 4) is 0 Å². The van der Waals surface area contributed by atoms with Crippen LogP contribution in [-0.4, -0.2) is 55.2 Å². The molecule has 1 atom stereocenters. The molecule has 1 aliphatic rings. The Morgan fingerprint density at radius 1 is 1.10 bits per heavy atom. The van der Waals surface area contributed by atoms with Crippen molar-refractivity contribution < 1.29 is 31.2 Å². The Hall–Kier alpha value is -3.49. The van der Waals surface area contributed by atoms with E-state index in [2.05, 4.69) is 24.1 Å². The summed E-state index contributed by atoms with van der Waals surface area (Å²) in [6.45, 7) is 5.79. The van der Waals surface area contributed by atoms with Gasteiger partial charge in [-0.1, -0.05) is 49.4 Å². The number of piperazine rings is 1. The molecule has 0 aliphatic carbocycles. The maximum absolute atomic E-state index is 13.6. The normalized spacial score (nSPS) is 16.7. The van der Waals surface area contributed by atoms with Gasteiger partial charge in [0.1, 0.15) is 10.9 Å². The molecule has 1 saturated heterocycles. The molecule has 0 spiro atoms. The Labute approximate surface area is 240 Å². The summed E-state index contributed by atoms with van der Waals surface area (Å²) in [6, 6.07) is 9.61. The van der Waals surface area contributed by atoms with E-state index in [0.717, 1.165) is 38.9 Å². The summed E-state index contributed by atoms with van der Waals surface area (Å²) in [4.78, 5) is 31.2. The van der Waals surface area contributed by atoms with E-state index >= 15 is 0 Å². The average molecular weight is 610 g/mol. The zero-order valence-electron chi connectivity index (χ0n) is 22.6. The first-order valence-electron chi connectivity index (χ1n) is 12.8. The van der Waals surface area contributed by atoms with Crippen molar-refractivity contribution >= 4 is 38.3 Å². The smallest absolute Gasteiger partial charge is 0.365 e. The highest BCUT2D eigenvalue weighted by Gasteiger charge is 2.41. The van der Waals surface area contributed by atoms with Crippen LogP contribution >= 0.6 is 11.3 Å². The third-order valence-electron chi connectivity index (χ3n) is 6.81. The topological polar surface area (TPSA) is 126 Å². The van der Waals surface area contributed by atoms with E-state index in [1.54, 1.807) is 11.8 Å². The van der Waals surface area contributed by atoms with Crippen molar-refractivity contribution in [3.05, 3.63) is 75.8 Å². The number of carbonyl (C=O) groups excluding carboxylic acids is 2. The SMILES string of the molecule is Cc1nc(N2CCN(S(=O)(=O)c3ccc(C(F)(F)F)cc3)[C@@H](C(=O)NCc3ccc(C(C)C)cc3)C2)sc1C(N)=O. The third-order valence-corrected chi connectivity index (χ3v) is 9.97. The van der Waals surface area contributed by atoms with Crippen LogP contribution in [-0.2, 0) is 27.5 Å². The number of aromatic nitrogens is 1. The molecule has 0 unspecified atom stereocenters. The molecule has 2 amide bonds. The van der Waals surface area contributed by atoms with E-state index in [9.17, 15) is 31.2 Å². The Morgan fingerprint density at radius 2 is 1.73 bits per heavy atom. The zero-order valence-corrected chi connectivity index (χ0v) is 24.2. The summed E-state index contributed by atoms with van der Waals surface area (Å²) >= 11 is 1.04. The highest BCUT2D eigenvalue weighted by atomic mass is 32.2. The number of thiazole rings is 1. The lowest BCUT2D eigenvalue weighted by molar-refractivity contribution is -0.137. The molecule has 41 heavy (non-hydrogen) atoms. The number of anilines is 1. The number of benzene rings is 2. The minimum absolute atomic E-state index is 0.0941. The second-order valence-electron chi connectivity index (χ2n) is 9.99. The number of nitrogens with zero attached hydrogens (tertiary/aromatic N) is 3. The Balaban J connectivity index is 1.61. The van der Waals surface area contributed by atoms with Crippen LogP contribution < -0.4 is 16.0 Å². The maximum Gasteiger partial charge on any atom is 0.416 e. The largest absolute Gasteiger partial charge is 0.416 e. The number of amides is 2. The number of primary amides is 1. The summed E-state index contributed by atoms with van der Waals surface area (Å²) < 4.78 is 67.4. The monoisotopic (exact) mass is 609 g/mol. The van der Waals surface area contributed by atoms with Crippen LogP contribution in [0.25, 0.3) is 0 Å². The highest BCUT2D eigenvalue weighted by molar-refractivity contribution is 7.89. The number of nitrogens with two attached hydrogens (primary N) is 1. The predicted molar refractivity (Wildman–Crippen MR) is 149 cm³/mol. The molecule has 2 aromatic carbocycles. The number of rotatable bonds is 8. The van der Waals surface area contributed by atoms with Gasteiger partial charge in [-0.15, -0.1) is 0 Å². The molecule has 3 aromatic rings. The number of sulfonamides is 1. The number of alkyl halides is 3. The lowest BCUT2D eigenvalue weighted by Gasteiger charge is -2.39. The van der Waals surface area contributed by atoms with Crippen LogP contribution in [0.5, 0.6) is 0 Å². The molecule has 2 heterocycles. The molecule has 4 rings (SSSR count). The lowest BCUT2D eigenvalue weighted by atomic mass is 10.0. The first-order chi connectivity index (χ1) is 19.2. The van der Waals surface area contributed by atoms with Gasteiger partial charge in [-0.25, -0.2) is 13.4 Å². The maximum atomic E-state index is 13.6. The molecule has 0 radical (unpaired) electrons. The fourth-order valence-electron chi connectivity index (χ4n) is 4.47. The van der Waals surface area contributed by atoms with Gasteiger partial charge in [-0.05, 0) is 48.2 Å². The number of halogens is 3. The molecule has 1 aromatic heterocycles. The summed E-state index contributed by atoms with van der Waals surface area (Å²) in [5.74, 6) is -0.894. The Kier molecular flexibility index (Phi) is 8.76. The molecule has 1 aliphatic heterocycles. The van der Waals surface area contributed by atoms with Gasteiger partial charge in [0, 0.05) is 26.2 Å². The van der Waals surface area contributed by atoms with Crippen LogP contribution in [0.2, 0.25) is 0 Å². The Bertz CT molecular complexity index is 1520. The van der Waals surface area contributed by atoms with Crippen LogP contribution in [0.15, 0.2) is 53.4 Å². The fourth-order valence-corrected chi connectivity index (χ4v) is 6.99. The van der Waals surface area contributed by atoms with Crippen molar-refractivity contribution in [2.75, 3.05) is 24.5 Å². The fraction of sp³-hybridized carbons (Fsp3) is 0.370. The molecule has 9 nitrogen and oxygen atoms in total. The van der Waals surface area contributed by atoms with Gasteiger partial charge >= 0.3 is 6.18 Å². The van der Waals surface area contributed by atoms with Crippen molar-refractivity contribution in [1.29, 1.82) is 0 Å². The van der Waals surface area contributed by atoms with Crippen LogP contribution in [0, 0.1) is 6.92 Å². The van der Waals surface area contributed by atoms with Crippen molar-refractivity contribution in [2.45, 2.75) is 50.3 Å². The Morgan fingerprint density at radius 3 is 2.27 bits per heavy atom. The molecule has 0 saturated carbocycles. The first kappa shape index (κ1) is 30.5. The minimum atomic E-state index is -4.63. The van der Waals surface area contributed by atoms with E-state index < -0.39 is 39.6 Å². The number of carbonyl (C=O) groups is 2. The van der Waals surface area contributed by atoms with E-state index in [1.165, 1.54) is 0 Å². The van der Waals surface area contributed by atoms with E-state index in [1.807, 2.05) is 24.3 Å². The molecule has 14 heteroatoms. The van der Waals surface area contributed by atoms with Crippen LogP contribution in [0.1, 0.15) is 51.8 Å². The second-order valence-corrected chi connectivity index (χ2v) is 12.9. The van der Waals surface area contributed by atoms with E-state index in [4.69, 9.17) is 5.73 Å². The van der Waals surface area contributed by atoms with Gasteiger partial charge in [0.25, 0.3) is 5.91 Å². The van der Waals surface area contributed by atoms with Gasteiger partial charge in [0.05, 0.1) is 16.2 Å². The zero-order chi connectivity index (χ0) is 30.1. The number of hydrogen-bond donors (Lipinski definition) is 2. The van der Waals surface area contributed by atoms with Gasteiger partial charge < -0.3 is 16.0 Å². The summed E-state index contributed by atoms with van der Waals surface area (Å²) in [5.41, 5.74) is 6.81. The van der Waals surface area contributed by atoms with Gasteiger partial charge in [-0.3, -0.25) is 9.59 Å². The third kappa shape index (κ3) is 6.71. The summed E-state index contributed by atoms with van der Waals surface area (Å²) in [6.07, 6.45) is -4.63. The average Bonchev–Trinajstić information content (AvgIpc) is 3.33. The van der Waals surface area contributed by atoms with Gasteiger partial charge in [0.2, 0.25) is 15.9 Å². The van der Waals surface area contributed by atoms with Gasteiger partial charge in [-0.2, -0.15) is 17.5 Å². The van der Waals surface area contributed by atoms with Crippen LogP contribution in [0.3, 0.4) is 0 Å². The molecular formula is C27H30F3N5O4S2. The van der Waals surface area contributed by atoms with Crippen molar-refractivity contribution in [3.63, 3.8) is 0 Å². The van der Waals surface area contributed by atoms with Crippen molar-refractivity contribution in [2.24, 2.45) is 5.73 Å². The summed E-state index contributed by atoms with van der Waals surface area (Å²) in [5, 5.41) is 3.20.